The van der Waals surface area contributed by atoms with Gasteiger partial charge in [-0.15, -0.1) is 0 Å². The molecular formula is C14H22IN3O. The van der Waals surface area contributed by atoms with Gasteiger partial charge >= 0.3 is 0 Å². The zero-order valence-corrected chi connectivity index (χ0v) is 14.0. The number of ether oxygens (including phenoxy) is 1. The van der Waals surface area contributed by atoms with Crippen molar-refractivity contribution in [3.63, 3.8) is 0 Å². The van der Waals surface area contributed by atoms with Gasteiger partial charge in [0.05, 0.1) is 9.26 Å². The third-order valence-corrected chi connectivity index (χ3v) is 4.39. The molecule has 1 fully saturated rings. The topological polar surface area (TPSA) is 47.0 Å². The molecular weight excluding hydrogens is 353 g/mol. The molecule has 0 aromatic carbocycles. The highest BCUT2D eigenvalue weighted by atomic mass is 127. The molecule has 1 aliphatic carbocycles. The molecule has 2 rings (SSSR count). The molecule has 0 radical (unpaired) electrons. The van der Waals surface area contributed by atoms with Crippen LogP contribution in [0.4, 0.5) is 5.82 Å². The van der Waals surface area contributed by atoms with Crippen molar-refractivity contribution in [3.05, 3.63) is 15.1 Å². The van der Waals surface area contributed by atoms with Gasteiger partial charge in [0.15, 0.2) is 5.82 Å². The highest BCUT2D eigenvalue weighted by Crippen LogP contribution is 2.42. The van der Waals surface area contributed by atoms with E-state index >= 15 is 0 Å². The van der Waals surface area contributed by atoms with Crippen LogP contribution in [-0.2, 0) is 4.74 Å². The molecule has 1 unspecified atom stereocenters. The molecule has 0 aliphatic heterocycles. The van der Waals surface area contributed by atoms with E-state index in [1.807, 2.05) is 0 Å². The molecule has 1 atom stereocenters. The van der Waals surface area contributed by atoms with Crippen molar-refractivity contribution >= 4 is 28.4 Å². The summed E-state index contributed by atoms with van der Waals surface area (Å²) in [6.45, 7) is 5.13. The first kappa shape index (κ1) is 15.0. The average molecular weight is 375 g/mol. The maximum absolute atomic E-state index is 5.55. The largest absolute Gasteiger partial charge is 0.373 e. The number of hydrogen-bond donors (Lipinski definition) is 1. The van der Waals surface area contributed by atoms with Gasteiger partial charge in [0, 0.05) is 19.6 Å². The van der Waals surface area contributed by atoms with Crippen LogP contribution in [0.15, 0.2) is 0 Å². The van der Waals surface area contributed by atoms with Crippen LogP contribution in [0.5, 0.6) is 0 Å². The Kier molecular flexibility index (Phi) is 5.38. The van der Waals surface area contributed by atoms with E-state index in [4.69, 9.17) is 9.72 Å². The molecule has 5 heteroatoms. The molecule has 4 nitrogen and oxygen atoms in total. The minimum atomic E-state index is 0.0110. The zero-order valence-electron chi connectivity index (χ0n) is 11.9. The molecule has 1 heterocycles. The summed E-state index contributed by atoms with van der Waals surface area (Å²) < 4.78 is 6.73. The van der Waals surface area contributed by atoms with Gasteiger partial charge in [-0.25, -0.2) is 9.97 Å². The first-order valence-electron chi connectivity index (χ1n) is 7.05. The Balaban J connectivity index is 2.36. The third-order valence-electron chi connectivity index (χ3n) is 3.33. The number of methoxy groups -OCH3 is 1. The zero-order chi connectivity index (χ0) is 13.8. The molecule has 0 spiro atoms. The van der Waals surface area contributed by atoms with E-state index in [1.165, 1.54) is 22.1 Å². The van der Waals surface area contributed by atoms with E-state index in [2.05, 4.69) is 46.7 Å². The van der Waals surface area contributed by atoms with Gasteiger partial charge in [-0.3, -0.25) is 0 Å². The first-order chi connectivity index (χ1) is 9.21. The quantitative estimate of drug-likeness (QED) is 0.735. The summed E-state index contributed by atoms with van der Waals surface area (Å²) in [6, 6.07) is 0. The average Bonchev–Trinajstić information content (AvgIpc) is 3.23. The number of halogens is 1. The number of rotatable bonds is 7. The fourth-order valence-corrected chi connectivity index (χ4v) is 3.03. The van der Waals surface area contributed by atoms with Crippen LogP contribution >= 0.6 is 22.6 Å². The van der Waals surface area contributed by atoms with Crippen LogP contribution in [0.2, 0.25) is 0 Å². The Morgan fingerprint density at radius 3 is 2.63 bits per heavy atom. The Morgan fingerprint density at radius 2 is 2.11 bits per heavy atom. The fourth-order valence-electron chi connectivity index (χ4n) is 2.15. The fraction of sp³-hybridized carbons (Fsp3) is 0.714. The summed E-state index contributed by atoms with van der Waals surface area (Å²) in [6.07, 6.45) is 4.56. The standard InChI is InChI=1S/C14H22IN3O/c1-4-6-10(19-3)13-17-12(9-7-8-9)11(15)14(18-13)16-5-2/h9-10H,4-8H2,1-3H3,(H,16,17,18). The van der Waals surface area contributed by atoms with Gasteiger partial charge in [0.25, 0.3) is 0 Å². The van der Waals surface area contributed by atoms with Crippen LogP contribution < -0.4 is 5.32 Å². The second-order valence-electron chi connectivity index (χ2n) is 4.95. The van der Waals surface area contributed by atoms with Crippen molar-refractivity contribution in [3.8, 4) is 0 Å². The summed E-state index contributed by atoms with van der Waals surface area (Å²) in [5.41, 5.74) is 1.21. The SMILES string of the molecule is CCCC(OC)c1nc(NCC)c(I)c(C2CC2)n1. The summed E-state index contributed by atoms with van der Waals surface area (Å²) >= 11 is 2.36. The van der Waals surface area contributed by atoms with Gasteiger partial charge in [-0.05, 0) is 48.8 Å². The maximum atomic E-state index is 5.55. The number of nitrogens with one attached hydrogen (secondary N) is 1. The molecule has 1 saturated carbocycles. The van der Waals surface area contributed by atoms with Crippen LogP contribution in [-0.4, -0.2) is 23.6 Å². The van der Waals surface area contributed by atoms with E-state index in [0.717, 1.165) is 31.0 Å². The lowest BCUT2D eigenvalue weighted by molar-refractivity contribution is 0.0875. The molecule has 19 heavy (non-hydrogen) atoms. The highest BCUT2D eigenvalue weighted by Gasteiger charge is 2.30. The van der Waals surface area contributed by atoms with Crippen molar-refractivity contribution in [2.75, 3.05) is 19.0 Å². The number of anilines is 1. The van der Waals surface area contributed by atoms with Gasteiger partial charge < -0.3 is 10.1 Å². The molecule has 1 aromatic heterocycles. The number of nitrogens with zero attached hydrogens (tertiary/aromatic N) is 2. The minimum absolute atomic E-state index is 0.0110. The molecule has 106 valence electrons. The predicted molar refractivity (Wildman–Crippen MR) is 85.5 cm³/mol. The lowest BCUT2D eigenvalue weighted by Gasteiger charge is -2.17. The maximum Gasteiger partial charge on any atom is 0.159 e. The first-order valence-corrected chi connectivity index (χ1v) is 8.13. The second kappa shape index (κ2) is 6.83. The lowest BCUT2D eigenvalue weighted by Crippen LogP contribution is -2.13. The van der Waals surface area contributed by atoms with Crippen molar-refractivity contribution in [2.45, 2.75) is 51.6 Å². The molecule has 0 amide bonds. The predicted octanol–water partition coefficient (Wildman–Crippen LogP) is 3.88. The summed E-state index contributed by atoms with van der Waals surface area (Å²) in [7, 11) is 1.74. The summed E-state index contributed by atoms with van der Waals surface area (Å²) in [5, 5.41) is 3.35. The van der Waals surface area contributed by atoms with Crippen molar-refractivity contribution in [1.82, 2.24) is 9.97 Å². The Hall–Kier alpha value is -0.430. The Bertz CT molecular complexity index is 435. The van der Waals surface area contributed by atoms with Crippen molar-refractivity contribution < 1.29 is 4.74 Å². The summed E-state index contributed by atoms with van der Waals surface area (Å²) in [5.74, 6) is 2.43. The normalized spacial score (nSPS) is 16.4. The highest BCUT2D eigenvalue weighted by molar-refractivity contribution is 14.1. The van der Waals surface area contributed by atoms with E-state index < -0.39 is 0 Å². The van der Waals surface area contributed by atoms with E-state index in [0.29, 0.717) is 5.92 Å². The van der Waals surface area contributed by atoms with Crippen LogP contribution in [0.1, 0.15) is 63.1 Å². The van der Waals surface area contributed by atoms with E-state index in [1.54, 1.807) is 7.11 Å². The van der Waals surface area contributed by atoms with Crippen molar-refractivity contribution in [1.29, 1.82) is 0 Å². The lowest BCUT2D eigenvalue weighted by atomic mass is 10.2. The van der Waals surface area contributed by atoms with E-state index in [9.17, 15) is 0 Å². The smallest absolute Gasteiger partial charge is 0.159 e. The Labute approximate surface area is 128 Å². The third kappa shape index (κ3) is 3.56. The number of aromatic nitrogens is 2. The second-order valence-corrected chi connectivity index (χ2v) is 6.03. The van der Waals surface area contributed by atoms with Gasteiger partial charge in [-0.2, -0.15) is 0 Å². The Morgan fingerprint density at radius 1 is 1.37 bits per heavy atom. The monoisotopic (exact) mass is 375 g/mol. The molecule has 0 bridgehead atoms. The van der Waals surface area contributed by atoms with Crippen molar-refractivity contribution in [2.24, 2.45) is 0 Å². The molecule has 1 N–H and O–H groups in total. The summed E-state index contributed by atoms with van der Waals surface area (Å²) in [4.78, 5) is 9.45. The molecule has 0 saturated heterocycles. The van der Waals surface area contributed by atoms with E-state index in [-0.39, 0.29) is 6.10 Å². The van der Waals surface area contributed by atoms with Crippen LogP contribution in [0, 0.1) is 3.57 Å². The van der Waals surface area contributed by atoms with Gasteiger partial charge in [0.1, 0.15) is 11.9 Å². The molecule has 1 aromatic rings. The van der Waals surface area contributed by atoms with Gasteiger partial charge in [-0.1, -0.05) is 13.3 Å². The van der Waals surface area contributed by atoms with Crippen LogP contribution in [0.3, 0.4) is 0 Å². The molecule has 1 aliphatic rings. The van der Waals surface area contributed by atoms with Crippen LogP contribution in [0.25, 0.3) is 0 Å². The van der Waals surface area contributed by atoms with Gasteiger partial charge in [0.2, 0.25) is 0 Å². The number of hydrogen-bond acceptors (Lipinski definition) is 4. The minimum Gasteiger partial charge on any atom is -0.373 e.